The lowest BCUT2D eigenvalue weighted by atomic mass is 9.88. The average molecular weight is 542 g/mol. The van der Waals surface area contributed by atoms with Crippen LogP contribution in [-0.2, 0) is 9.59 Å². The second-order valence-electron chi connectivity index (χ2n) is 10.8. The topological polar surface area (TPSA) is 73.3 Å². The molecular weight excluding hydrogens is 502 g/mol. The molecule has 40 heavy (non-hydrogen) atoms. The molecule has 1 N–H and O–H groups in total. The van der Waals surface area contributed by atoms with Crippen LogP contribution in [0.3, 0.4) is 0 Å². The largest absolute Gasteiger partial charge is 0.490 e. The number of β-amino-alcohol motifs (C(OH)–C–C–N with tert-alkyl or cyclic N) is 1. The smallest absolute Gasteiger partial charge is 0.246 e. The maximum absolute atomic E-state index is 12.7. The number of hydrogen-bond donors (Lipinski definition) is 1. The van der Waals surface area contributed by atoms with Crippen molar-refractivity contribution in [3.8, 4) is 5.75 Å². The van der Waals surface area contributed by atoms with Crippen LogP contribution in [0.4, 0.5) is 0 Å². The number of carbonyl (C=O) groups is 2. The Kier molecular flexibility index (Phi) is 9.14. The molecule has 7 nitrogen and oxygen atoms in total. The van der Waals surface area contributed by atoms with Crippen molar-refractivity contribution in [3.63, 3.8) is 0 Å². The van der Waals surface area contributed by atoms with Crippen molar-refractivity contribution in [1.82, 2.24) is 14.7 Å². The summed E-state index contributed by atoms with van der Waals surface area (Å²) in [5.41, 5.74) is 2.20. The van der Waals surface area contributed by atoms with E-state index in [4.69, 9.17) is 4.74 Å². The van der Waals surface area contributed by atoms with E-state index < -0.39 is 6.10 Å². The highest BCUT2D eigenvalue weighted by Crippen LogP contribution is 2.30. The monoisotopic (exact) mass is 541 g/mol. The van der Waals surface area contributed by atoms with Crippen molar-refractivity contribution in [2.75, 3.05) is 52.4 Å². The summed E-state index contributed by atoms with van der Waals surface area (Å²) < 4.78 is 5.99. The van der Waals surface area contributed by atoms with Gasteiger partial charge >= 0.3 is 0 Å². The summed E-state index contributed by atoms with van der Waals surface area (Å²) in [6.07, 6.45) is 4.88. The van der Waals surface area contributed by atoms with Gasteiger partial charge in [0.25, 0.3) is 0 Å². The number of nitrogens with zero attached hydrogens (tertiary/aromatic N) is 3. The Bertz CT molecular complexity index is 1340. The summed E-state index contributed by atoms with van der Waals surface area (Å²) in [7, 11) is 0. The minimum atomic E-state index is -0.603. The van der Waals surface area contributed by atoms with Gasteiger partial charge in [-0.15, -0.1) is 0 Å². The van der Waals surface area contributed by atoms with Crippen molar-refractivity contribution in [1.29, 1.82) is 0 Å². The standard InChI is InChI=1S/C33H39N3O4/c1-25(37)35-18-20-36(21-19-35)33(39)13-12-28-7-4-5-9-32(28)40-24-31(38)23-34-16-14-27(15-17-34)30-11-10-26-6-2-3-8-29(26)22-30/h2-13,22,27,31,38H,14-21,23-24H2,1H3. The van der Waals surface area contributed by atoms with Crippen molar-refractivity contribution in [2.24, 2.45) is 0 Å². The van der Waals surface area contributed by atoms with E-state index in [1.54, 1.807) is 28.9 Å². The molecule has 2 aliphatic rings. The third kappa shape index (κ3) is 7.09. The van der Waals surface area contributed by atoms with Gasteiger partial charge in [0.05, 0.1) is 0 Å². The van der Waals surface area contributed by atoms with Gasteiger partial charge < -0.3 is 24.5 Å². The number of aliphatic hydroxyl groups excluding tert-OH is 1. The number of para-hydroxylation sites is 1. The quantitative estimate of drug-likeness (QED) is 0.434. The molecule has 2 saturated heterocycles. The predicted octanol–water partition coefficient (Wildman–Crippen LogP) is 4.16. The van der Waals surface area contributed by atoms with Crippen molar-refractivity contribution < 1.29 is 19.4 Å². The van der Waals surface area contributed by atoms with Gasteiger partial charge in [0.2, 0.25) is 11.8 Å². The fraction of sp³-hybridized carbons (Fsp3) is 0.394. The molecule has 0 aliphatic carbocycles. The second-order valence-corrected chi connectivity index (χ2v) is 10.8. The van der Waals surface area contributed by atoms with E-state index in [1.807, 2.05) is 24.3 Å². The van der Waals surface area contributed by atoms with E-state index >= 15 is 0 Å². The van der Waals surface area contributed by atoms with Crippen LogP contribution in [0, 0.1) is 0 Å². The van der Waals surface area contributed by atoms with Crippen LogP contribution in [-0.4, -0.2) is 90.1 Å². The molecule has 0 aromatic heterocycles. The van der Waals surface area contributed by atoms with Crippen molar-refractivity contribution in [3.05, 3.63) is 83.9 Å². The molecule has 1 unspecified atom stereocenters. The maximum Gasteiger partial charge on any atom is 0.246 e. The first-order valence-corrected chi connectivity index (χ1v) is 14.3. The number of ether oxygens (including phenoxy) is 1. The summed E-state index contributed by atoms with van der Waals surface area (Å²) in [5, 5.41) is 13.3. The molecule has 2 amide bonds. The first kappa shape index (κ1) is 27.9. The molecular formula is C33H39N3O4. The van der Waals surface area contributed by atoms with Gasteiger partial charge in [-0.05, 0) is 60.3 Å². The van der Waals surface area contributed by atoms with Crippen LogP contribution in [0.25, 0.3) is 16.8 Å². The van der Waals surface area contributed by atoms with Gasteiger partial charge in [-0.1, -0.05) is 60.7 Å². The molecule has 2 aliphatic heterocycles. The summed E-state index contributed by atoms with van der Waals surface area (Å²) >= 11 is 0. The van der Waals surface area contributed by atoms with E-state index in [0.29, 0.717) is 44.4 Å². The third-order valence-electron chi connectivity index (χ3n) is 8.09. The Labute approximate surface area is 236 Å². The Morgan fingerprint density at radius 2 is 1.57 bits per heavy atom. The van der Waals surface area contributed by atoms with Gasteiger partial charge in [-0.3, -0.25) is 9.59 Å². The third-order valence-corrected chi connectivity index (χ3v) is 8.09. The summed E-state index contributed by atoms with van der Waals surface area (Å²) in [5.74, 6) is 1.15. The van der Waals surface area contributed by atoms with E-state index in [9.17, 15) is 14.7 Å². The lowest BCUT2D eigenvalue weighted by molar-refractivity contribution is -0.135. The van der Waals surface area contributed by atoms with Crippen molar-refractivity contribution >= 4 is 28.7 Å². The van der Waals surface area contributed by atoms with Gasteiger partial charge in [0.15, 0.2) is 0 Å². The molecule has 1 atom stereocenters. The number of aliphatic hydroxyl groups is 1. The number of benzene rings is 3. The van der Waals surface area contributed by atoms with Crippen LogP contribution < -0.4 is 4.74 Å². The molecule has 2 fully saturated rings. The number of hydrogen-bond acceptors (Lipinski definition) is 5. The predicted molar refractivity (Wildman–Crippen MR) is 158 cm³/mol. The fourth-order valence-corrected chi connectivity index (χ4v) is 5.71. The first-order valence-electron chi connectivity index (χ1n) is 14.3. The van der Waals surface area contributed by atoms with Gasteiger partial charge in [0.1, 0.15) is 18.5 Å². The number of amides is 2. The average Bonchev–Trinajstić information content (AvgIpc) is 2.99. The van der Waals surface area contributed by atoms with Crippen LogP contribution in [0.2, 0.25) is 0 Å². The van der Waals surface area contributed by atoms with E-state index in [2.05, 4.69) is 47.4 Å². The Morgan fingerprint density at radius 1 is 0.900 bits per heavy atom. The van der Waals surface area contributed by atoms with Gasteiger partial charge in [0, 0.05) is 51.3 Å². The van der Waals surface area contributed by atoms with E-state index in [0.717, 1.165) is 31.5 Å². The highest BCUT2D eigenvalue weighted by atomic mass is 16.5. The first-order chi connectivity index (χ1) is 19.5. The number of piperazine rings is 1. The normalized spacial score (nSPS) is 17.9. The highest BCUT2D eigenvalue weighted by Gasteiger charge is 2.23. The SMILES string of the molecule is CC(=O)N1CCN(C(=O)C=Cc2ccccc2OCC(O)CN2CCC(c3ccc4ccccc4c3)CC2)CC1. The molecule has 5 rings (SSSR count). The molecule has 7 heteroatoms. The molecule has 2 heterocycles. The van der Waals surface area contributed by atoms with Crippen LogP contribution in [0.15, 0.2) is 72.8 Å². The summed E-state index contributed by atoms with van der Waals surface area (Å²) in [6, 6.07) is 22.9. The number of fused-ring (bicyclic) bond motifs is 1. The minimum Gasteiger partial charge on any atom is -0.490 e. The lowest BCUT2D eigenvalue weighted by Crippen LogP contribution is -2.49. The Hall–Kier alpha value is -3.68. The molecule has 0 saturated carbocycles. The fourth-order valence-electron chi connectivity index (χ4n) is 5.71. The van der Waals surface area contributed by atoms with E-state index in [1.165, 1.54) is 16.3 Å². The highest BCUT2D eigenvalue weighted by molar-refractivity contribution is 5.92. The number of piperidine rings is 1. The number of carbonyl (C=O) groups excluding carboxylic acids is 2. The Balaban J connectivity index is 1.08. The molecule has 0 radical (unpaired) electrons. The zero-order chi connectivity index (χ0) is 27.9. The van der Waals surface area contributed by atoms with Gasteiger partial charge in [-0.25, -0.2) is 0 Å². The molecule has 3 aromatic carbocycles. The second kappa shape index (κ2) is 13.1. The number of likely N-dealkylation sites (tertiary alicyclic amines) is 1. The number of rotatable bonds is 8. The minimum absolute atomic E-state index is 0.0430. The maximum atomic E-state index is 12.7. The zero-order valence-corrected chi connectivity index (χ0v) is 23.2. The van der Waals surface area contributed by atoms with Crippen LogP contribution >= 0.6 is 0 Å². The Morgan fingerprint density at radius 3 is 2.33 bits per heavy atom. The van der Waals surface area contributed by atoms with Crippen LogP contribution in [0.5, 0.6) is 5.75 Å². The molecule has 210 valence electrons. The summed E-state index contributed by atoms with van der Waals surface area (Å²) in [4.78, 5) is 30.0. The lowest BCUT2D eigenvalue weighted by Gasteiger charge is -2.33. The molecule has 0 bridgehead atoms. The zero-order valence-electron chi connectivity index (χ0n) is 23.2. The van der Waals surface area contributed by atoms with Crippen molar-refractivity contribution in [2.45, 2.75) is 31.8 Å². The van der Waals surface area contributed by atoms with Crippen LogP contribution in [0.1, 0.15) is 36.8 Å². The van der Waals surface area contributed by atoms with Gasteiger partial charge in [-0.2, -0.15) is 0 Å². The molecule has 3 aromatic rings. The molecule has 0 spiro atoms. The van der Waals surface area contributed by atoms with E-state index in [-0.39, 0.29) is 18.4 Å². The summed E-state index contributed by atoms with van der Waals surface area (Å²) in [6.45, 7) is 6.43.